The molecule has 3 N–H and O–H groups in total. The Labute approximate surface area is 147 Å². The summed E-state index contributed by atoms with van der Waals surface area (Å²) in [5.41, 5.74) is 6.92. The molecule has 1 aromatic rings. The molecule has 1 aliphatic rings. The van der Waals surface area contributed by atoms with Crippen molar-refractivity contribution in [3.8, 4) is 5.75 Å². The summed E-state index contributed by atoms with van der Waals surface area (Å²) in [6.45, 7) is 4.60. The zero-order valence-electron chi connectivity index (χ0n) is 14.7. The lowest BCUT2D eigenvalue weighted by Gasteiger charge is -2.34. The average molecular weight is 347 g/mol. The van der Waals surface area contributed by atoms with Crippen LogP contribution in [0.2, 0.25) is 0 Å². The minimum Gasteiger partial charge on any atom is -0.492 e. The highest BCUT2D eigenvalue weighted by atomic mass is 16.5. The predicted molar refractivity (Wildman–Crippen MR) is 94.3 cm³/mol. The second kappa shape index (κ2) is 8.62. The monoisotopic (exact) mass is 347 g/mol. The van der Waals surface area contributed by atoms with Crippen LogP contribution in [-0.2, 0) is 14.4 Å². The van der Waals surface area contributed by atoms with Crippen LogP contribution in [0.3, 0.4) is 0 Å². The van der Waals surface area contributed by atoms with E-state index in [1.54, 1.807) is 12.1 Å². The SMILES string of the molecule is CCCC(=O)N(c1ccc(OCCN)cc1C)C1CCC(=O)NC1=O. The highest BCUT2D eigenvalue weighted by Gasteiger charge is 2.35. The topological polar surface area (TPSA) is 102 Å². The number of nitrogens with two attached hydrogens (primary N) is 1. The third-order valence-electron chi connectivity index (χ3n) is 4.07. The Hall–Kier alpha value is -2.41. The smallest absolute Gasteiger partial charge is 0.249 e. The van der Waals surface area contributed by atoms with Crippen molar-refractivity contribution in [2.45, 2.75) is 45.6 Å². The maximum atomic E-state index is 12.7. The molecule has 25 heavy (non-hydrogen) atoms. The quantitative estimate of drug-likeness (QED) is 0.723. The molecule has 1 fully saturated rings. The Bertz CT molecular complexity index is 660. The number of hydrogen-bond donors (Lipinski definition) is 2. The fourth-order valence-corrected chi connectivity index (χ4v) is 2.90. The molecule has 2 rings (SSSR count). The van der Waals surface area contributed by atoms with Gasteiger partial charge in [0.25, 0.3) is 0 Å². The van der Waals surface area contributed by atoms with E-state index in [-0.39, 0.29) is 18.2 Å². The van der Waals surface area contributed by atoms with Gasteiger partial charge in [0.15, 0.2) is 0 Å². The lowest BCUT2D eigenvalue weighted by Crippen LogP contribution is -2.54. The molecular formula is C18H25N3O4. The van der Waals surface area contributed by atoms with Gasteiger partial charge >= 0.3 is 0 Å². The second-order valence-corrected chi connectivity index (χ2v) is 6.07. The van der Waals surface area contributed by atoms with Crippen LogP contribution in [0.25, 0.3) is 0 Å². The number of imide groups is 1. The molecule has 1 aromatic carbocycles. The van der Waals surface area contributed by atoms with Crippen molar-refractivity contribution in [3.63, 3.8) is 0 Å². The third-order valence-corrected chi connectivity index (χ3v) is 4.07. The molecule has 0 aliphatic carbocycles. The zero-order chi connectivity index (χ0) is 18.4. The summed E-state index contributed by atoms with van der Waals surface area (Å²) < 4.78 is 5.51. The fraction of sp³-hybridized carbons (Fsp3) is 0.500. The van der Waals surface area contributed by atoms with Crippen molar-refractivity contribution < 1.29 is 19.1 Å². The number of amides is 3. The Morgan fingerprint density at radius 2 is 2.16 bits per heavy atom. The number of nitrogens with one attached hydrogen (secondary N) is 1. The Morgan fingerprint density at radius 1 is 1.40 bits per heavy atom. The van der Waals surface area contributed by atoms with E-state index in [2.05, 4.69) is 5.32 Å². The van der Waals surface area contributed by atoms with Gasteiger partial charge in [-0.1, -0.05) is 6.92 Å². The summed E-state index contributed by atoms with van der Waals surface area (Å²) in [6, 6.07) is 4.68. The van der Waals surface area contributed by atoms with Gasteiger partial charge in [0.2, 0.25) is 17.7 Å². The van der Waals surface area contributed by atoms with Crippen molar-refractivity contribution in [3.05, 3.63) is 23.8 Å². The van der Waals surface area contributed by atoms with E-state index in [1.165, 1.54) is 4.90 Å². The Morgan fingerprint density at radius 3 is 2.76 bits per heavy atom. The van der Waals surface area contributed by atoms with Crippen LogP contribution in [0.15, 0.2) is 18.2 Å². The number of carbonyl (C=O) groups excluding carboxylic acids is 3. The first-order valence-corrected chi connectivity index (χ1v) is 8.57. The maximum Gasteiger partial charge on any atom is 0.249 e. The third kappa shape index (κ3) is 4.57. The molecule has 7 heteroatoms. The van der Waals surface area contributed by atoms with Gasteiger partial charge in [0, 0.05) is 25.1 Å². The van der Waals surface area contributed by atoms with Crippen molar-refractivity contribution in [2.24, 2.45) is 5.73 Å². The summed E-state index contributed by atoms with van der Waals surface area (Å²) in [5.74, 6) is -0.191. The number of ether oxygens (including phenoxy) is 1. The number of aryl methyl sites for hydroxylation is 1. The molecule has 0 spiro atoms. The lowest BCUT2D eigenvalue weighted by molar-refractivity contribution is -0.135. The number of hydrogen-bond acceptors (Lipinski definition) is 5. The number of anilines is 1. The van der Waals surface area contributed by atoms with E-state index in [4.69, 9.17) is 10.5 Å². The number of benzene rings is 1. The van der Waals surface area contributed by atoms with Crippen molar-refractivity contribution in [1.82, 2.24) is 5.32 Å². The van der Waals surface area contributed by atoms with Crippen molar-refractivity contribution in [2.75, 3.05) is 18.1 Å². The summed E-state index contributed by atoms with van der Waals surface area (Å²) >= 11 is 0. The molecular weight excluding hydrogens is 322 g/mol. The largest absolute Gasteiger partial charge is 0.492 e. The number of carbonyl (C=O) groups is 3. The zero-order valence-corrected chi connectivity index (χ0v) is 14.7. The van der Waals surface area contributed by atoms with E-state index >= 15 is 0 Å². The fourth-order valence-electron chi connectivity index (χ4n) is 2.90. The number of nitrogens with zero attached hydrogens (tertiary/aromatic N) is 1. The molecule has 7 nitrogen and oxygen atoms in total. The van der Waals surface area contributed by atoms with Gasteiger partial charge in [-0.3, -0.25) is 24.6 Å². The normalized spacial score (nSPS) is 17.2. The average Bonchev–Trinajstić information content (AvgIpc) is 2.57. The minimum atomic E-state index is -0.675. The molecule has 0 aromatic heterocycles. The van der Waals surface area contributed by atoms with Crippen molar-refractivity contribution in [1.29, 1.82) is 0 Å². The molecule has 1 heterocycles. The van der Waals surface area contributed by atoms with Gasteiger partial charge in [-0.25, -0.2) is 0 Å². The standard InChI is InChI=1S/C18H25N3O4/c1-3-4-17(23)21(15-7-8-16(22)20-18(15)24)14-6-5-13(11-12(14)2)25-10-9-19/h5-6,11,15H,3-4,7-10,19H2,1-2H3,(H,20,22,24). The summed E-state index contributed by atoms with van der Waals surface area (Å²) in [5, 5.41) is 2.32. The van der Waals surface area contributed by atoms with Crippen LogP contribution in [0.4, 0.5) is 5.69 Å². The second-order valence-electron chi connectivity index (χ2n) is 6.07. The van der Waals surface area contributed by atoms with Gasteiger partial charge < -0.3 is 10.5 Å². The van der Waals surface area contributed by atoms with E-state index in [9.17, 15) is 14.4 Å². The van der Waals surface area contributed by atoms with E-state index in [1.807, 2.05) is 19.9 Å². The van der Waals surface area contributed by atoms with Crippen molar-refractivity contribution >= 4 is 23.4 Å². The Kier molecular flexibility index (Phi) is 6.52. The van der Waals surface area contributed by atoms with Gasteiger partial charge in [-0.15, -0.1) is 0 Å². The summed E-state index contributed by atoms with van der Waals surface area (Å²) in [7, 11) is 0. The minimum absolute atomic E-state index is 0.129. The molecule has 1 atom stereocenters. The number of rotatable bonds is 7. The first-order valence-electron chi connectivity index (χ1n) is 8.57. The number of piperidine rings is 1. The summed E-state index contributed by atoms with van der Waals surface area (Å²) in [6.07, 6.45) is 1.57. The van der Waals surface area contributed by atoms with Crippen LogP contribution in [0.1, 0.15) is 38.2 Å². The molecule has 3 amide bonds. The van der Waals surface area contributed by atoms with Gasteiger partial charge in [-0.2, -0.15) is 0 Å². The van der Waals surface area contributed by atoms with Gasteiger partial charge in [-0.05, 0) is 43.5 Å². The first kappa shape index (κ1) is 18.9. The highest BCUT2D eigenvalue weighted by Crippen LogP contribution is 2.29. The van der Waals surface area contributed by atoms with Crippen LogP contribution in [0.5, 0.6) is 5.75 Å². The molecule has 0 radical (unpaired) electrons. The maximum absolute atomic E-state index is 12.7. The molecule has 1 unspecified atom stereocenters. The van der Waals surface area contributed by atoms with Crippen LogP contribution in [-0.4, -0.2) is 36.9 Å². The first-order chi connectivity index (χ1) is 12.0. The molecule has 1 aliphatic heterocycles. The lowest BCUT2D eigenvalue weighted by atomic mass is 10.0. The van der Waals surface area contributed by atoms with Crippen LogP contribution in [0, 0.1) is 6.92 Å². The summed E-state index contributed by atoms with van der Waals surface area (Å²) in [4.78, 5) is 37.9. The van der Waals surface area contributed by atoms with E-state index in [0.29, 0.717) is 43.9 Å². The van der Waals surface area contributed by atoms with Gasteiger partial charge in [0.1, 0.15) is 18.4 Å². The van der Waals surface area contributed by atoms with Gasteiger partial charge in [0.05, 0.1) is 0 Å². The van der Waals surface area contributed by atoms with Crippen LogP contribution >= 0.6 is 0 Å². The van der Waals surface area contributed by atoms with Crippen LogP contribution < -0.4 is 20.7 Å². The molecule has 136 valence electrons. The predicted octanol–water partition coefficient (Wildman–Crippen LogP) is 1.27. The highest BCUT2D eigenvalue weighted by molar-refractivity contribution is 6.07. The molecule has 0 saturated carbocycles. The molecule has 1 saturated heterocycles. The molecule has 0 bridgehead atoms. The Balaban J connectivity index is 2.34. The van der Waals surface area contributed by atoms with E-state index < -0.39 is 11.9 Å². The van der Waals surface area contributed by atoms with E-state index in [0.717, 1.165) is 5.56 Å².